The summed E-state index contributed by atoms with van der Waals surface area (Å²) in [6.07, 6.45) is 0.946. The first-order chi connectivity index (χ1) is 7.62. The van der Waals surface area contributed by atoms with Crippen molar-refractivity contribution < 1.29 is 18.3 Å². The number of alkyl halides is 2. The molecule has 3 nitrogen and oxygen atoms in total. The summed E-state index contributed by atoms with van der Waals surface area (Å²) in [5, 5.41) is 0. The third-order valence-corrected chi connectivity index (χ3v) is 3.49. The Morgan fingerprint density at radius 3 is 2.50 bits per heavy atom. The van der Waals surface area contributed by atoms with Crippen LogP contribution < -0.4 is 0 Å². The normalized spacial score (nSPS) is 30.6. The Labute approximate surface area is 94.7 Å². The number of likely N-dealkylation sites (tertiary alicyclic amines) is 1. The molecule has 0 spiro atoms. The predicted octanol–water partition coefficient (Wildman–Crippen LogP) is 1.52. The summed E-state index contributed by atoms with van der Waals surface area (Å²) in [6, 6.07) is -0.762. The van der Waals surface area contributed by atoms with Crippen molar-refractivity contribution in [2.24, 2.45) is 0 Å². The first-order valence-corrected chi connectivity index (χ1v) is 5.93. The highest BCUT2D eigenvalue weighted by atomic mass is 19.3. The fourth-order valence-electron chi connectivity index (χ4n) is 2.35. The molecule has 16 heavy (non-hydrogen) atoms. The van der Waals surface area contributed by atoms with E-state index in [0.29, 0.717) is 6.61 Å². The van der Waals surface area contributed by atoms with Gasteiger partial charge >= 0.3 is 0 Å². The minimum absolute atomic E-state index is 0.00514. The third kappa shape index (κ3) is 2.36. The Balaban J connectivity index is 1.98. The lowest BCUT2D eigenvalue weighted by Crippen LogP contribution is -2.55. The molecule has 0 radical (unpaired) electrons. The summed E-state index contributed by atoms with van der Waals surface area (Å²) in [5.41, 5.74) is 0. The summed E-state index contributed by atoms with van der Waals surface area (Å²) < 4.78 is 38.4. The zero-order chi connectivity index (χ0) is 11.6. The Morgan fingerprint density at radius 1 is 1.25 bits per heavy atom. The minimum atomic E-state index is -2.83. The first kappa shape index (κ1) is 12.2. The van der Waals surface area contributed by atoms with E-state index in [9.17, 15) is 8.78 Å². The second-order valence-corrected chi connectivity index (χ2v) is 4.53. The number of hydrogen-bond acceptors (Lipinski definition) is 3. The van der Waals surface area contributed by atoms with Crippen LogP contribution in [0.25, 0.3) is 0 Å². The molecule has 2 heterocycles. The van der Waals surface area contributed by atoms with Crippen molar-refractivity contribution in [3.05, 3.63) is 0 Å². The van der Waals surface area contributed by atoms with Crippen molar-refractivity contribution in [2.75, 3.05) is 32.9 Å². The van der Waals surface area contributed by atoms with E-state index in [4.69, 9.17) is 9.47 Å². The average Bonchev–Trinajstić information content (AvgIpc) is 2.82. The monoisotopic (exact) mass is 235 g/mol. The molecule has 0 aliphatic carbocycles. The fourth-order valence-corrected chi connectivity index (χ4v) is 2.35. The van der Waals surface area contributed by atoms with Crippen LogP contribution in [0.1, 0.15) is 19.8 Å². The van der Waals surface area contributed by atoms with Crippen LogP contribution in [0.3, 0.4) is 0 Å². The lowest BCUT2D eigenvalue weighted by atomic mass is 10.0. The van der Waals surface area contributed by atoms with Gasteiger partial charge in [-0.2, -0.15) is 0 Å². The van der Waals surface area contributed by atoms with E-state index in [1.165, 1.54) is 0 Å². The largest absolute Gasteiger partial charge is 0.376 e. The number of halogens is 2. The number of nitrogens with zero attached hydrogens (tertiary/aromatic N) is 1. The molecule has 94 valence electrons. The molecule has 0 bridgehead atoms. The van der Waals surface area contributed by atoms with E-state index < -0.39 is 18.1 Å². The molecule has 0 saturated carbocycles. The van der Waals surface area contributed by atoms with E-state index in [1.54, 1.807) is 6.92 Å². The maximum absolute atomic E-state index is 14.1. The smallest absolute Gasteiger partial charge is 0.290 e. The van der Waals surface area contributed by atoms with Crippen LogP contribution in [0.5, 0.6) is 0 Å². The molecule has 2 fully saturated rings. The first-order valence-electron chi connectivity index (χ1n) is 5.93. The SMILES string of the molecule is CC(N1CCCC1)C(F)(F)C1COCCO1. The topological polar surface area (TPSA) is 21.7 Å². The Morgan fingerprint density at radius 2 is 1.94 bits per heavy atom. The van der Waals surface area contributed by atoms with Gasteiger partial charge in [0.25, 0.3) is 5.92 Å². The van der Waals surface area contributed by atoms with Gasteiger partial charge in [-0.3, -0.25) is 4.90 Å². The molecule has 2 atom stereocenters. The van der Waals surface area contributed by atoms with Gasteiger partial charge in [0.15, 0.2) is 0 Å². The standard InChI is InChI=1S/C11H19F2NO2/c1-9(14-4-2-3-5-14)11(12,13)10-8-15-6-7-16-10/h9-10H,2-8H2,1H3. The van der Waals surface area contributed by atoms with Gasteiger partial charge in [0.05, 0.1) is 25.9 Å². The molecule has 0 N–H and O–H groups in total. The Bertz CT molecular complexity index is 226. The Hall–Kier alpha value is -0.260. The van der Waals surface area contributed by atoms with Crippen LogP contribution in [0.2, 0.25) is 0 Å². The maximum Gasteiger partial charge on any atom is 0.290 e. The summed E-state index contributed by atoms with van der Waals surface area (Å²) in [6.45, 7) is 3.82. The zero-order valence-corrected chi connectivity index (χ0v) is 9.62. The number of rotatable bonds is 3. The van der Waals surface area contributed by atoms with Crippen molar-refractivity contribution in [3.8, 4) is 0 Å². The van der Waals surface area contributed by atoms with Crippen LogP contribution in [0, 0.1) is 0 Å². The van der Waals surface area contributed by atoms with Crippen LogP contribution in [-0.2, 0) is 9.47 Å². The molecule has 0 aromatic heterocycles. The van der Waals surface area contributed by atoms with Gasteiger partial charge in [-0.15, -0.1) is 0 Å². The van der Waals surface area contributed by atoms with Gasteiger partial charge in [-0.05, 0) is 32.9 Å². The molecule has 2 unspecified atom stereocenters. The second kappa shape index (κ2) is 4.94. The third-order valence-electron chi connectivity index (χ3n) is 3.49. The van der Waals surface area contributed by atoms with Crippen LogP contribution in [-0.4, -0.2) is 55.9 Å². The van der Waals surface area contributed by atoms with Crippen molar-refractivity contribution in [3.63, 3.8) is 0 Å². The van der Waals surface area contributed by atoms with Crippen LogP contribution in [0.4, 0.5) is 8.78 Å². The number of ether oxygens (including phenoxy) is 2. The average molecular weight is 235 g/mol. The number of hydrogen-bond donors (Lipinski definition) is 0. The van der Waals surface area contributed by atoms with E-state index in [1.807, 2.05) is 4.90 Å². The summed E-state index contributed by atoms with van der Waals surface area (Å²) >= 11 is 0. The predicted molar refractivity (Wildman–Crippen MR) is 55.8 cm³/mol. The van der Waals surface area contributed by atoms with Crippen LogP contribution in [0.15, 0.2) is 0 Å². The summed E-state index contributed by atoms with van der Waals surface area (Å²) in [5.74, 6) is -2.83. The molecule has 0 aromatic carbocycles. The highest BCUT2D eigenvalue weighted by Crippen LogP contribution is 2.32. The van der Waals surface area contributed by atoms with Gasteiger partial charge in [-0.1, -0.05) is 0 Å². The van der Waals surface area contributed by atoms with Crippen LogP contribution >= 0.6 is 0 Å². The lowest BCUT2D eigenvalue weighted by Gasteiger charge is -2.37. The van der Waals surface area contributed by atoms with Gasteiger partial charge in [0.1, 0.15) is 6.10 Å². The van der Waals surface area contributed by atoms with Gasteiger partial charge in [0, 0.05) is 0 Å². The highest BCUT2D eigenvalue weighted by molar-refractivity contribution is 4.91. The fraction of sp³-hybridized carbons (Fsp3) is 1.00. The van der Waals surface area contributed by atoms with E-state index >= 15 is 0 Å². The molecule has 0 amide bonds. The van der Waals surface area contributed by atoms with E-state index in [2.05, 4.69) is 0 Å². The van der Waals surface area contributed by atoms with Gasteiger partial charge < -0.3 is 9.47 Å². The highest BCUT2D eigenvalue weighted by Gasteiger charge is 2.49. The summed E-state index contributed by atoms with van der Waals surface area (Å²) in [4.78, 5) is 1.85. The van der Waals surface area contributed by atoms with E-state index in [0.717, 1.165) is 25.9 Å². The zero-order valence-electron chi connectivity index (χ0n) is 9.62. The molecule has 2 rings (SSSR count). The molecule has 5 heteroatoms. The summed E-state index contributed by atoms with van der Waals surface area (Å²) in [7, 11) is 0. The van der Waals surface area contributed by atoms with Gasteiger partial charge in [-0.25, -0.2) is 8.78 Å². The van der Waals surface area contributed by atoms with Gasteiger partial charge in [0.2, 0.25) is 0 Å². The maximum atomic E-state index is 14.1. The molecule has 0 aromatic rings. The van der Waals surface area contributed by atoms with E-state index in [-0.39, 0.29) is 13.2 Å². The van der Waals surface area contributed by atoms with Crippen molar-refractivity contribution in [2.45, 2.75) is 37.8 Å². The second-order valence-electron chi connectivity index (χ2n) is 4.53. The quantitative estimate of drug-likeness (QED) is 0.740. The minimum Gasteiger partial charge on any atom is -0.376 e. The van der Waals surface area contributed by atoms with Crippen molar-refractivity contribution in [1.82, 2.24) is 4.90 Å². The molecule has 2 aliphatic rings. The molecule has 2 aliphatic heterocycles. The lowest BCUT2D eigenvalue weighted by molar-refractivity contribution is -0.215. The molecule has 2 saturated heterocycles. The molecular formula is C11H19F2NO2. The van der Waals surface area contributed by atoms with Crippen molar-refractivity contribution in [1.29, 1.82) is 0 Å². The van der Waals surface area contributed by atoms with Crippen molar-refractivity contribution >= 4 is 0 Å². The Kier molecular flexibility index (Phi) is 3.77. The molecular weight excluding hydrogens is 216 g/mol.